The van der Waals surface area contributed by atoms with Crippen LogP contribution in [0, 0.1) is 5.92 Å². The molecule has 24 heavy (non-hydrogen) atoms. The van der Waals surface area contributed by atoms with Crippen molar-refractivity contribution in [3.8, 4) is 0 Å². The Morgan fingerprint density at radius 2 is 2.12 bits per heavy atom. The number of thiophene rings is 1. The Morgan fingerprint density at radius 1 is 1.38 bits per heavy atom. The highest BCUT2D eigenvalue weighted by Crippen LogP contribution is 2.32. The highest BCUT2D eigenvalue weighted by Gasteiger charge is 2.26. The Morgan fingerprint density at radius 3 is 2.79 bits per heavy atom. The van der Waals surface area contributed by atoms with Gasteiger partial charge in [-0.3, -0.25) is 9.36 Å². The second-order valence-electron chi connectivity index (χ2n) is 6.37. The van der Waals surface area contributed by atoms with E-state index >= 15 is 0 Å². The largest absolute Gasteiger partial charge is 0.387 e. The maximum absolute atomic E-state index is 12.0. The lowest BCUT2D eigenvalue weighted by Crippen LogP contribution is -2.39. The fourth-order valence-corrected chi connectivity index (χ4v) is 4.06. The van der Waals surface area contributed by atoms with Gasteiger partial charge in [-0.15, -0.1) is 11.3 Å². The highest BCUT2D eigenvalue weighted by atomic mass is 32.1. The normalized spacial score (nSPS) is 17.9. The molecule has 130 valence electrons. The van der Waals surface area contributed by atoms with E-state index in [-0.39, 0.29) is 17.4 Å². The smallest absolute Gasteiger partial charge is 0.328 e. The molecule has 0 radical (unpaired) electrons. The number of likely N-dealkylation sites (tertiary alicyclic amines) is 1. The van der Waals surface area contributed by atoms with Gasteiger partial charge in [0.1, 0.15) is 0 Å². The second kappa shape index (κ2) is 7.46. The van der Waals surface area contributed by atoms with Crippen molar-refractivity contribution in [2.75, 3.05) is 19.6 Å². The zero-order valence-electron chi connectivity index (χ0n) is 13.8. The zero-order chi connectivity index (χ0) is 17.1. The first-order chi connectivity index (χ1) is 11.6. The lowest BCUT2D eigenvalue weighted by Gasteiger charge is -2.33. The quantitative estimate of drug-likeness (QED) is 0.848. The van der Waals surface area contributed by atoms with Crippen LogP contribution in [0.3, 0.4) is 0 Å². The van der Waals surface area contributed by atoms with Crippen LogP contribution in [0.15, 0.2) is 33.3 Å². The molecule has 7 heteroatoms. The topological polar surface area (TPSA) is 78.3 Å². The van der Waals surface area contributed by atoms with E-state index in [0.29, 0.717) is 17.9 Å². The van der Waals surface area contributed by atoms with Crippen molar-refractivity contribution < 1.29 is 5.11 Å². The Labute approximate surface area is 144 Å². The molecule has 1 atom stereocenters. The van der Waals surface area contributed by atoms with Crippen LogP contribution in [0.5, 0.6) is 0 Å². The number of hydrogen-bond donors (Lipinski definition) is 2. The molecule has 0 aromatic carbocycles. The molecule has 2 aromatic heterocycles. The summed E-state index contributed by atoms with van der Waals surface area (Å²) < 4.78 is 1.11. The Bertz CT molecular complexity index is 773. The van der Waals surface area contributed by atoms with Crippen molar-refractivity contribution in [1.29, 1.82) is 0 Å². The van der Waals surface area contributed by atoms with Crippen molar-refractivity contribution in [3.05, 3.63) is 55.0 Å². The van der Waals surface area contributed by atoms with Gasteiger partial charge in [0.2, 0.25) is 0 Å². The fourth-order valence-electron chi connectivity index (χ4n) is 3.26. The number of H-pyrrole nitrogens is 1. The summed E-state index contributed by atoms with van der Waals surface area (Å²) in [6.07, 6.45) is 3.71. The van der Waals surface area contributed by atoms with E-state index in [1.165, 1.54) is 13.2 Å². The van der Waals surface area contributed by atoms with Gasteiger partial charge in [-0.2, -0.15) is 0 Å². The molecule has 3 rings (SSSR count). The van der Waals surface area contributed by atoms with Crippen LogP contribution >= 0.6 is 11.3 Å². The van der Waals surface area contributed by atoms with Gasteiger partial charge in [-0.1, -0.05) is 6.07 Å². The predicted octanol–water partition coefficient (Wildman–Crippen LogP) is 1.12. The van der Waals surface area contributed by atoms with Crippen LogP contribution in [0.25, 0.3) is 0 Å². The van der Waals surface area contributed by atoms with Gasteiger partial charge < -0.3 is 15.0 Å². The summed E-state index contributed by atoms with van der Waals surface area (Å²) in [5.41, 5.74) is 0.0340. The van der Waals surface area contributed by atoms with E-state index < -0.39 is 0 Å². The first kappa shape index (κ1) is 17.1. The molecule has 2 aromatic rings. The number of aliphatic hydroxyl groups excluding tert-OH is 1. The van der Waals surface area contributed by atoms with Crippen LogP contribution in [0.4, 0.5) is 0 Å². The highest BCUT2D eigenvalue weighted by molar-refractivity contribution is 7.10. The van der Waals surface area contributed by atoms with Crippen molar-refractivity contribution in [2.45, 2.75) is 25.4 Å². The monoisotopic (exact) mass is 349 g/mol. The van der Waals surface area contributed by atoms with Gasteiger partial charge >= 0.3 is 5.69 Å². The zero-order valence-corrected chi connectivity index (χ0v) is 14.6. The number of aromatic nitrogens is 2. The molecular formula is C17H23N3O3S. The lowest BCUT2D eigenvalue weighted by atomic mass is 9.90. The SMILES string of the molecule is Cn1c(=O)[nH]cc(CCN2CCC([C@@H](O)c3cccs3)CC2)c1=O. The first-order valence-electron chi connectivity index (χ1n) is 8.27. The van der Waals surface area contributed by atoms with Gasteiger partial charge in [-0.25, -0.2) is 4.79 Å². The van der Waals surface area contributed by atoms with Gasteiger partial charge in [-0.05, 0) is 49.7 Å². The molecule has 1 aliphatic rings. The molecule has 1 saturated heterocycles. The molecule has 0 amide bonds. The third-order valence-corrected chi connectivity index (χ3v) is 5.81. The molecule has 1 aliphatic heterocycles. The Kier molecular flexibility index (Phi) is 5.33. The van der Waals surface area contributed by atoms with Gasteiger partial charge in [0.15, 0.2) is 0 Å². The molecule has 0 saturated carbocycles. The number of hydrogen-bond acceptors (Lipinski definition) is 5. The maximum atomic E-state index is 12.0. The van der Waals surface area contributed by atoms with E-state index in [0.717, 1.165) is 41.9 Å². The minimum absolute atomic E-state index is 0.221. The number of piperidine rings is 1. The fraction of sp³-hybridized carbons (Fsp3) is 0.529. The molecule has 0 aliphatic carbocycles. The van der Waals surface area contributed by atoms with Crippen molar-refractivity contribution >= 4 is 11.3 Å². The summed E-state index contributed by atoms with van der Waals surface area (Å²) >= 11 is 1.61. The lowest BCUT2D eigenvalue weighted by molar-refractivity contribution is 0.0616. The standard InChI is InChI=1S/C17H23N3O3S/c1-19-16(22)13(11-18-17(19)23)6-9-20-7-4-12(5-8-20)15(21)14-3-2-10-24-14/h2-3,10-12,15,21H,4-9H2,1H3,(H,18,23)/t15-/m1/s1. The number of nitrogens with zero attached hydrogens (tertiary/aromatic N) is 2. The average molecular weight is 349 g/mol. The maximum Gasteiger partial charge on any atom is 0.328 e. The predicted molar refractivity (Wildman–Crippen MR) is 94.5 cm³/mol. The number of nitrogens with one attached hydrogen (secondary N) is 1. The van der Waals surface area contributed by atoms with E-state index in [1.807, 2.05) is 17.5 Å². The molecule has 2 N–H and O–H groups in total. The van der Waals surface area contributed by atoms with Crippen molar-refractivity contribution in [3.63, 3.8) is 0 Å². The first-order valence-corrected chi connectivity index (χ1v) is 9.15. The van der Waals surface area contributed by atoms with Gasteiger partial charge in [0, 0.05) is 30.2 Å². The third kappa shape index (κ3) is 3.68. The van der Waals surface area contributed by atoms with Crippen LogP contribution in [-0.2, 0) is 13.5 Å². The number of aromatic amines is 1. The average Bonchev–Trinajstić information content (AvgIpc) is 3.13. The minimum atomic E-state index is -0.382. The summed E-state index contributed by atoms with van der Waals surface area (Å²) in [5, 5.41) is 12.4. The van der Waals surface area contributed by atoms with Crippen LogP contribution in [0.1, 0.15) is 29.4 Å². The summed E-state index contributed by atoms with van der Waals surface area (Å²) in [7, 11) is 1.49. The Hall–Kier alpha value is -1.70. The third-order valence-electron chi connectivity index (χ3n) is 4.86. The van der Waals surface area contributed by atoms with E-state index in [1.54, 1.807) is 11.3 Å². The summed E-state index contributed by atoms with van der Waals surface area (Å²) in [6, 6.07) is 3.97. The molecule has 6 nitrogen and oxygen atoms in total. The summed E-state index contributed by atoms with van der Waals surface area (Å²) in [4.78, 5) is 29.4. The summed E-state index contributed by atoms with van der Waals surface area (Å²) in [6.45, 7) is 2.65. The molecule has 0 unspecified atom stereocenters. The molecular weight excluding hydrogens is 326 g/mol. The number of aliphatic hydroxyl groups is 1. The van der Waals surface area contributed by atoms with Crippen molar-refractivity contribution in [2.24, 2.45) is 13.0 Å². The molecule has 3 heterocycles. The van der Waals surface area contributed by atoms with E-state index in [9.17, 15) is 14.7 Å². The molecule has 0 spiro atoms. The van der Waals surface area contributed by atoms with Crippen LogP contribution in [-0.4, -0.2) is 39.2 Å². The molecule has 1 fully saturated rings. The van der Waals surface area contributed by atoms with E-state index in [2.05, 4.69) is 9.88 Å². The molecule has 0 bridgehead atoms. The number of rotatable bonds is 5. The van der Waals surface area contributed by atoms with E-state index in [4.69, 9.17) is 0 Å². The van der Waals surface area contributed by atoms with Crippen LogP contribution < -0.4 is 11.2 Å². The summed E-state index contributed by atoms with van der Waals surface area (Å²) in [5.74, 6) is 0.306. The van der Waals surface area contributed by atoms with Gasteiger partial charge in [0.05, 0.1) is 6.10 Å². The second-order valence-corrected chi connectivity index (χ2v) is 7.35. The minimum Gasteiger partial charge on any atom is -0.387 e. The van der Waals surface area contributed by atoms with Crippen LogP contribution in [0.2, 0.25) is 0 Å². The van der Waals surface area contributed by atoms with Crippen molar-refractivity contribution in [1.82, 2.24) is 14.5 Å². The van der Waals surface area contributed by atoms with Gasteiger partial charge in [0.25, 0.3) is 5.56 Å². The Balaban J connectivity index is 1.52.